The molecule has 1 aliphatic rings. The van der Waals surface area contributed by atoms with E-state index in [1.807, 2.05) is 18.2 Å². The van der Waals surface area contributed by atoms with Crippen LogP contribution in [0.5, 0.6) is 0 Å². The van der Waals surface area contributed by atoms with Crippen LogP contribution < -0.4 is 10.2 Å². The normalized spacial score (nSPS) is 16.4. The molecule has 1 aliphatic heterocycles. The molecule has 0 spiro atoms. The van der Waals surface area contributed by atoms with Gasteiger partial charge in [-0.2, -0.15) is 0 Å². The minimum atomic E-state index is -0.266. The van der Waals surface area contributed by atoms with Crippen molar-refractivity contribution in [2.75, 3.05) is 19.0 Å². The summed E-state index contributed by atoms with van der Waals surface area (Å²) < 4.78 is 0. The number of likely N-dealkylation sites (N-methyl/N-ethyl adjacent to an activating group) is 1. The Kier molecular flexibility index (Phi) is 3.48. The highest BCUT2D eigenvalue weighted by molar-refractivity contribution is 5.96. The lowest BCUT2D eigenvalue weighted by atomic mass is 9.95. The molecule has 4 heteroatoms. The van der Waals surface area contributed by atoms with E-state index in [0.717, 1.165) is 23.2 Å². The molecule has 1 atom stereocenters. The van der Waals surface area contributed by atoms with E-state index in [1.54, 1.807) is 25.9 Å². The number of amides is 1. The zero-order valence-electron chi connectivity index (χ0n) is 11.0. The molecule has 0 fully saturated rings. The summed E-state index contributed by atoms with van der Waals surface area (Å²) in [5.74, 6) is 0.240. The third-order valence-electron chi connectivity index (χ3n) is 3.48. The Hall–Kier alpha value is -1.68. The van der Waals surface area contributed by atoms with E-state index >= 15 is 0 Å². The summed E-state index contributed by atoms with van der Waals surface area (Å²) in [4.78, 5) is 24.8. The van der Waals surface area contributed by atoms with Gasteiger partial charge in [-0.25, -0.2) is 0 Å². The second kappa shape index (κ2) is 4.90. The van der Waals surface area contributed by atoms with Crippen LogP contribution in [-0.4, -0.2) is 25.8 Å². The maximum absolute atomic E-state index is 11.6. The van der Waals surface area contributed by atoms with E-state index in [-0.39, 0.29) is 17.7 Å². The zero-order chi connectivity index (χ0) is 13.3. The predicted octanol–water partition coefficient (Wildman–Crippen LogP) is 1.45. The van der Waals surface area contributed by atoms with Gasteiger partial charge >= 0.3 is 0 Å². The molecule has 1 unspecified atom stereocenters. The summed E-state index contributed by atoms with van der Waals surface area (Å²) in [6, 6.07) is 5.60. The van der Waals surface area contributed by atoms with Gasteiger partial charge in [0.2, 0.25) is 5.91 Å². The van der Waals surface area contributed by atoms with Crippen LogP contribution in [0.2, 0.25) is 0 Å². The van der Waals surface area contributed by atoms with Crippen molar-refractivity contribution in [2.24, 2.45) is 0 Å². The molecule has 0 aliphatic carbocycles. The van der Waals surface area contributed by atoms with E-state index < -0.39 is 0 Å². The van der Waals surface area contributed by atoms with Crippen LogP contribution >= 0.6 is 0 Å². The van der Waals surface area contributed by atoms with Crippen molar-refractivity contribution in [3.05, 3.63) is 29.3 Å². The fourth-order valence-electron chi connectivity index (χ4n) is 2.46. The fraction of sp³-hybridized carbons (Fsp3) is 0.429. The number of hydrogen-bond acceptors (Lipinski definition) is 3. The fourth-order valence-corrected chi connectivity index (χ4v) is 2.46. The molecule has 96 valence electrons. The smallest absolute Gasteiger partial charge is 0.227 e. The molecule has 1 N–H and O–H groups in total. The molecular weight excluding hydrogens is 228 g/mol. The Morgan fingerprint density at radius 1 is 1.39 bits per heavy atom. The molecule has 2 rings (SSSR count). The van der Waals surface area contributed by atoms with Gasteiger partial charge in [0.15, 0.2) is 5.78 Å². The van der Waals surface area contributed by atoms with Crippen LogP contribution in [0.25, 0.3) is 0 Å². The molecule has 0 radical (unpaired) electrons. The lowest BCUT2D eigenvalue weighted by Gasteiger charge is -2.27. The number of carbonyl (C=O) groups is 2. The largest absolute Gasteiger partial charge is 0.315 e. The molecule has 1 aromatic carbocycles. The van der Waals surface area contributed by atoms with E-state index in [2.05, 4.69) is 5.32 Å². The predicted molar refractivity (Wildman–Crippen MR) is 70.7 cm³/mol. The quantitative estimate of drug-likeness (QED) is 0.878. The average Bonchev–Trinajstić information content (AvgIpc) is 2.34. The molecule has 4 nitrogen and oxygen atoms in total. The van der Waals surface area contributed by atoms with E-state index in [4.69, 9.17) is 0 Å². The number of ketones is 1. The summed E-state index contributed by atoms with van der Waals surface area (Å²) in [6.07, 6.45) is 1.29. The first-order chi connectivity index (χ1) is 8.54. The molecule has 0 aromatic heterocycles. The van der Waals surface area contributed by atoms with Gasteiger partial charge in [-0.05, 0) is 37.6 Å². The molecule has 1 heterocycles. The van der Waals surface area contributed by atoms with Gasteiger partial charge < -0.3 is 10.2 Å². The maximum atomic E-state index is 11.6. The SMILES string of the molecule is CNC(C(C)=O)c1ccc2c(c1)CCC(=O)N2C. The molecule has 1 amide bonds. The van der Waals surface area contributed by atoms with Gasteiger partial charge in [-0.1, -0.05) is 12.1 Å². The van der Waals surface area contributed by atoms with Crippen molar-refractivity contribution in [1.29, 1.82) is 0 Å². The minimum absolute atomic E-state index is 0.0951. The number of Topliss-reactive ketones (excluding diaryl/α,β-unsaturated/α-hetero) is 1. The van der Waals surface area contributed by atoms with E-state index in [0.29, 0.717) is 6.42 Å². The number of carbonyl (C=O) groups excluding carboxylic acids is 2. The number of anilines is 1. The van der Waals surface area contributed by atoms with Crippen LogP contribution in [0.1, 0.15) is 30.5 Å². The second-order valence-electron chi connectivity index (χ2n) is 4.67. The molecular formula is C14H18N2O2. The number of fused-ring (bicyclic) bond motifs is 1. The first kappa shape index (κ1) is 12.8. The molecule has 0 bridgehead atoms. The summed E-state index contributed by atoms with van der Waals surface area (Å²) >= 11 is 0. The van der Waals surface area contributed by atoms with Gasteiger partial charge in [0, 0.05) is 19.2 Å². The van der Waals surface area contributed by atoms with Crippen molar-refractivity contribution < 1.29 is 9.59 Å². The lowest BCUT2D eigenvalue weighted by Crippen LogP contribution is -2.31. The average molecular weight is 246 g/mol. The van der Waals surface area contributed by atoms with Crippen LogP contribution in [0.4, 0.5) is 5.69 Å². The summed E-state index contributed by atoms with van der Waals surface area (Å²) in [7, 11) is 3.57. The Bertz CT molecular complexity index is 497. The molecule has 0 saturated heterocycles. The Labute approximate surface area is 107 Å². The topological polar surface area (TPSA) is 49.4 Å². The molecule has 1 aromatic rings. The molecule has 18 heavy (non-hydrogen) atoms. The van der Waals surface area contributed by atoms with E-state index in [9.17, 15) is 9.59 Å². The number of nitrogens with one attached hydrogen (secondary N) is 1. The minimum Gasteiger partial charge on any atom is -0.315 e. The van der Waals surface area contributed by atoms with Crippen LogP contribution in [0, 0.1) is 0 Å². The number of benzene rings is 1. The van der Waals surface area contributed by atoms with Gasteiger partial charge in [-0.15, -0.1) is 0 Å². The molecule has 0 saturated carbocycles. The van der Waals surface area contributed by atoms with Crippen molar-refractivity contribution in [3.8, 4) is 0 Å². The van der Waals surface area contributed by atoms with Crippen molar-refractivity contribution in [2.45, 2.75) is 25.8 Å². The summed E-state index contributed by atoms with van der Waals surface area (Å²) in [6.45, 7) is 1.58. The number of hydrogen-bond donors (Lipinski definition) is 1. The highest BCUT2D eigenvalue weighted by atomic mass is 16.2. The third kappa shape index (κ3) is 2.16. The number of nitrogens with zero attached hydrogens (tertiary/aromatic N) is 1. The van der Waals surface area contributed by atoms with Crippen LogP contribution in [-0.2, 0) is 16.0 Å². The van der Waals surface area contributed by atoms with Gasteiger partial charge in [0.1, 0.15) is 0 Å². The summed E-state index contributed by atoms with van der Waals surface area (Å²) in [5, 5.41) is 3.01. The lowest BCUT2D eigenvalue weighted by molar-refractivity contribution is -0.119. The Morgan fingerprint density at radius 3 is 2.72 bits per heavy atom. The highest BCUT2D eigenvalue weighted by Crippen LogP contribution is 2.29. The van der Waals surface area contributed by atoms with Gasteiger partial charge in [0.25, 0.3) is 0 Å². The number of rotatable bonds is 3. The zero-order valence-corrected chi connectivity index (χ0v) is 11.0. The van der Waals surface area contributed by atoms with Gasteiger partial charge in [-0.3, -0.25) is 9.59 Å². The van der Waals surface area contributed by atoms with E-state index in [1.165, 1.54) is 0 Å². The monoisotopic (exact) mass is 246 g/mol. The Balaban J connectivity index is 2.39. The maximum Gasteiger partial charge on any atom is 0.227 e. The van der Waals surface area contributed by atoms with Crippen LogP contribution in [0.15, 0.2) is 18.2 Å². The second-order valence-corrected chi connectivity index (χ2v) is 4.67. The standard InChI is InChI=1S/C14H18N2O2/c1-9(17)14(15-2)11-4-6-12-10(8-11)5-7-13(18)16(12)3/h4,6,8,14-15H,5,7H2,1-3H3. The number of aryl methyl sites for hydroxylation is 1. The highest BCUT2D eigenvalue weighted by Gasteiger charge is 2.22. The van der Waals surface area contributed by atoms with Crippen LogP contribution in [0.3, 0.4) is 0 Å². The third-order valence-corrected chi connectivity index (χ3v) is 3.48. The van der Waals surface area contributed by atoms with Crippen molar-refractivity contribution in [3.63, 3.8) is 0 Å². The van der Waals surface area contributed by atoms with Crippen molar-refractivity contribution in [1.82, 2.24) is 5.32 Å². The summed E-state index contributed by atoms with van der Waals surface area (Å²) in [5.41, 5.74) is 3.05. The van der Waals surface area contributed by atoms with Crippen molar-refractivity contribution >= 4 is 17.4 Å². The first-order valence-corrected chi connectivity index (χ1v) is 6.11. The Morgan fingerprint density at radius 2 is 2.11 bits per heavy atom. The van der Waals surface area contributed by atoms with Gasteiger partial charge in [0.05, 0.1) is 6.04 Å². The first-order valence-electron chi connectivity index (χ1n) is 6.11.